The Morgan fingerprint density at radius 1 is 1.20 bits per heavy atom. The molecule has 2 rings (SSSR count). The summed E-state index contributed by atoms with van der Waals surface area (Å²) in [5.74, 6) is 1.47. The van der Waals surface area contributed by atoms with Gasteiger partial charge in [-0.15, -0.1) is 0 Å². The van der Waals surface area contributed by atoms with Gasteiger partial charge >= 0.3 is 0 Å². The molecule has 0 radical (unpaired) electrons. The molecule has 2 saturated heterocycles. The summed E-state index contributed by atoms with van der Waals surface area (Å²) in [4.78, 5) is 0. The molecule has 2 aliphatic heterocycles. The number of rotatable bonds is 5. The lowest BCUT2D eigenvalue weighted by Crippen LogP contribution is -2.39. The topological polar surface area (TPSA) is 30.5 Å². The highest BCUT2D eigenvalue weighted by Gasteiger charge is 2.25. The van der Waals surface area contributed by atoms with Crippen molar-refractivity contribution in [2.45, 2.75) is 32.2 Å². The summed E-state index contributed by atoms with van der Waals surface area (Å²) in [5, 5.41) is 3.69. The van der Waals surface area contributed by atoms with Gasteiger partial charge in [0.2, 0.25) is 0 Å². The monoisotopic (exact) mass is 213 g/mol. The van der Waals surface area contributed by atoms with Gasteiger partial charge in [-0.05, 0) is 31.1 Å². The Morgan fingerprint density at radius 2 is 2.00 bits per heavy atom. The van der Waals surface area contributed by atoms with Crippen molar-refractivity contribution >= 4 is 0 Å². The van der Waals surface area contributed by atoms with E-state index in [0.29, 0.717) is 6.04 Å². The molecular weight excluding hydrogens is 190 g/mol. The van der Waals surface area contributed by atoms with Crippen molar-refractivity contribution in [3.63, 3.8) is 0 Å². The van der Waals surface area contributed by atoms with Crippen molar-refractivity contribution in [2.75, 3.05) is 33.0 Å². The molecule has 0 spiro atoms. The smallest absolute Gasteiger partial charge is 0.0509 e. The Morgan fingerprint density at radius 3 is 2.60 bits per heavy atom. The zero-order valence-electron chi connectivity index (χ0n) is 9.71. The van der Waals surface area contributed by atoms with Gasteiger partial charge in [0.15, 0.2) is 0 Å². The Bertz CT molecular complexity index is 174. The fourth-order valence-electron chi connectivity index (χ4n) is 2.58. The van der Waals surface area contributed by atoms with Crippen LogP contribution in [-0.4, -0.2) is 39.0 Å². The minimum Gasteiger partial charge on any atom is -0.381 e. The third-order valence-electron chi connectivity index (χ3n) is 3.67. The molecule has 2 heterocycles. The first kappa shape index (κ1) is 11.4. The Hall–Kier alpha value is -0.120. The molecule has 1 N–H and O–H groups in total. The van der Waals surface area contributed by atoms with E-state index in [4.69, 9.17) is 9.47 Å². The number of hydrogen-bond acceptors (Lipinski definition) is 3. The molecule has 3 heteroatoms. The molecule has 2 aliphatic rings. The molecule has 3 unspecified atom stereocenters. The molecular formula is C12H23NO2. The average molecular weight is 213 g/mol. The molecule has 3 nitrogen and oxygen atoms in total. The van der Waals surface area contributed by atoms with E-state index in [2.05, 4.69) is 12.2 Å². The lowest BCUT2D eigenvalue weighted by atomic mass is 9.96. The summed E-state index contributed by atoms with van der Waals surface area (Å²) in [6.45, 7) is 7.19. The Kier molecular flexibility index (Phi) is 4.42. The first-order valence-corrected chi connectivity index (χ1v) is 6.29. The van der Waals surface area contributed by atoms with Gasteiger partial charge in [0, 0.05) is 25.8 Å². The van der Waals surface area contributed by atoms with Crippen LogP contribution in [-0.2, 0) is 9.47 Å². The first-order valence-electron chi connectivity index (χ1n) is 6.29. The largest absolute Gasteiger partial charge is 0.381 e. The quantitative estimate of drug-likeness (QED) is 0.749. The summed E-state index contributed by atoms with van der Waals surface area (Å²) < 4.78 is 10.8. The maximum atomic E-state index is 5.45. The summed E-state index contributed by atoms with van der Waals surface area (Å²) in [6.07, 6.45) is 3.67. The van der Waals surface area contributed by atoms with Gasteiger partial charge in [-0.25, -0.2) is 0 Å². The SMILES string of the molecule is CCC(NCC1CCOC1)C1CCOC1. The molecule has 0 saturated carbocycles. The predicted molar refractivity (Wildman–Crippen MR) is 59.9 cm³/mol. The van der Waals surface area contributed by atoms with Gasteiger partial charge in [-0.3, -0.25) is 0 Å². The highest BCUT2D eigenvalue weighted by Crippen LogP contribution is 2.19. The molecule has 2 fully saturated rings. The second kappa shape index (κ2) is 5.83. The van der Waals surface area contributed by atoms with Gasteiger partial charge in [0.25, 0.3) is 0 Å². The van der Waals surface area contributed by atoms with Crippen molar-refractivity contribution in [1.29, 1.82) is 0 Å². The van der Waals surface area contributed by atoms with E-state index in [1.54, 1.807) is 0 Å². The van der Waals surface area contributed by atoms with E-state index in [0.717, 1.165) is 44.8 Å². The van der Waals surface area contributed by atoms with Crippen molar-refractivity contribution < 1.29 is 9.47 Å². The maximum absolute atomic E-state index is 5.45. The first-order chi connectivity index (χ1) is 7.40. The van der Waals surface area contributed by atoms with Gasteiger partial charge < -0.3 is 14.8 Å². The van der Waals surface area contributed by atoms with Crippen molar-refractivity contribution in [2.24, 2.45) is 11.8 Å². The molecule has 88 valence electrons. The number of hydrogen-bond donors (Lipinski definition) is 1. The molecule has 0 aromatic rings. The van der Waals surface area contributed by atoms with Crippen LogP contribution in [0.25, 0.3) is 0 Å². The van der Waals surface area contributed by atoms with Crippen LogP contribution in [0.3, 0.4) is 0 Å². The van der Waals surface area contributed by atoms with E-state index in [-0.39, 0.29) is 0 Å². The number of nitrogens with one attached hydrogen (secondary N) is 1. The van der Waals surface area contributed by atoms with Crippen LogP contribution in [0.2, 0.25) is 0 Å². The lowest BCUT2D eigenvalue weighted by molar-refractivity contribution is 0.171. The van der Waals surface area contributed by atoms with E-state index in [1.165, 1.54) is 19.3 Å². The fraction of sp³-hybridized carbons (Fsp3) is 1.00. The minimum atomic E-state index is 0.646. The second-order valence-corrected chi connectivity index (χ2v) is 4.78. The summed E-state index contributed by atoms with van der Waals surface area (Å²) >= 11 is 0. The average Bonchev–Trinajstić information content (AvgIpc) is 2.90. The van der Waals surface area contributed by atoms with Crippen molar-refractivity contribution in [1.82, 2.24) is 5.32 Å². The van der Waals surface area contributed by atoms with Gasteiger partial charge in [-0.1, -0.05) is 6.92 Å². The molecule has 0 amide bonds. The standard InChI is InChI=1S/C12H23NO2/c1-2-12(11-4-6-15-9-11)13-7-10-3-5-14-8-10/h10-13H,2-9H2,1H3. The molecule has 0 aromatic heterocycles. The maximum Gasteiger partial charge on any atom is 0.0509 e. The van der Waals surface area contributed by atoms with Crippen LogP contribution in [0.15, 0.2) is 0 Å². The Balaban J connectivity index is 1.69. The van der Waals surface area contributed by atoms with E-state index in [9.17, 15) is 0 Å². The van der Waals surface area contributed by atoms with Crippen LogP contribution in [0.5, 0.6) is 0 Å². The van der Waals surface area contributed by atoms with Crippen molar-refractivity contribution in [3.05, 3.63) is 0 Å². The van der Waals surface area contributed by atoms with Gasteiger partial charge in [0.05, 0.1) is 13.2 Å². The zero-order chi connectivity index (χ0) is 10.5. The molecule has 0 aliphatic carbocycles. The normalized spacial score (nSPS) is 33.4. The van der Waals surface area contributed by atoms with E-state index in [1.807, 2.05) is 0 Å². The Labute approximate surface area is 92.5 Å². The summed E-state index contributed by atoms with van der Waals surface area (Å²) in [5.41, 5.74) is 0. The third kappa shape index (κ3) is 3.16. The predicted octanol–water partition coefficient (Wildman–Crippen LogP) is 1.43. The fourth-order valence-corrected chi connectivity index (χ4v) is 2.58. The van der Waals surface area contributed by atoms with Crippen LogP contribution >= 0.6 is 0 Å². The van der Waals surface area contributed by atoms with Crippen LogP contribution in [0.4, 0.5) is 0 Å². The summed E-state index contributed by atoms with van der Waals surface area (Å²) in [7, 11) is 0. The van der Waals surface area contributed by atoms with Crippen LogP contribution in [0.1, 0.15) is 26.2 Å². The molecule has 0 bridgehead atoms. The van der Waals surface area contributed by atoms with Crippen LogP contribution < -0.4 is 5.32 Å². The van der Waals surface area contributed by atoms with Gasteiger partial charge in [0.1, 0.15) is 0 Å². The number of ether oxygens (including phenoxy) is 2. The minimum absolute atomic E-state index is 0.646. The van der Waals surface area contributed by atoms with E-state index < -0.39 is 0 Å². The highest BCUT2D eigenvalue weighted by atomic mass is 16.5. The van der Waals surface area contributed by atoms with Gasteiger partial charge in [-0.2, -0.15) is 0 Å². The summed E-state index contributed by atoms with van der Waals surface area (Å²) in [6, 6.07) is 0.646. The zero-order valence-corrected chi connectivity index (χ0v) is 9.71. The van der Waals surface area contributed by atoms with E-state index >= 15 is 0 Å². The van der Waals surface area contributed by atoms with Crippen LogP contribution in [0, 0.1) is 11.8 Å². The molecule has 0 aromatic carbocycles. The molecule has 3 atom stereocenters. The third-order valence-corrected chi connectivity index (χ3v) is 3.67. The highest BCUT2D eigenvalue weighted by molar-refractivity contribution is 4.80. The second-order valence-electron chi connectivity index (χ2n) is 4.78. The van der Waals surface area contributed by atoms with Crippen molar-refractivity contribution in [3.8, 4) is 0 Å². The lowest BCUT2D eigenvalue weighted by Gasteiger charge is -2.23. The molecule has 15 heavy (non-hydrogen) atoms.